The van der Waals surface area contributed by atoms with Gasteiger partial charge >= 0.3 is 5.97 Å². The highest BCUT2D eigenvalue weighted by Gasteiger charge is 2.40. The van der Waals surface area contributed by atoms with Crippen LogP contribution in [0.5, 0.6) is 11.5 Å². The lowest BCUT2D eigenvalue weighted by atomic mass is 9.87. The molecule has 0 saturated heterocycles. The number of methoxy groups -OCH3 is 1. The van der Waals surface area contributed by atoms with E-state index in [1.54, 1.807) is 12.0 Å². The fourth-order valence-corrected chi connectivity index (χ4v) is 4.59. The van der Waals surface area contributed by atoms with Crippen molar-refractivity contribution in [1.82, 2.24) is 4.90 Å². The monoisotopic (exact) mass is 502 g/mol. The molecule has 0 fully saturated rings. The van der Waals surface area contributed by atoms with Gasteiger partial charge in [0, 0.05) is 31.6 Å². The van der Waals surface area contributed by atoms with E-state index in [1.165, 1.54) is 6.92 Å². The molecule has 0 bridgehead atoms. The minimum atomic E-state index is -0.950. The average Bonchev–Trinajstić information content (AvgIpc) is 3.00. The summed E-state index contributed by atoms with van der Waals surface area (Å²) in [5, 5.41) is 0. The van der Waals surface area contributed by atoms with Crippen LogP contribution in [0.25, 0.3) is 0 Å². The maximum atomic E-state index is 13.9. The van der Waals surface area contributed by atoms with Crippen molar-refractivity contribution in [2.75, 3.05) is 39.2 Å². The van der Waals surface area contributed by atoms with E-state index in [9.17, 15) is 9.59 Å². The number of hydrogen-bond donors (Lipinski definition) is 0. The standard InChI is InChI=1S/C30H34N2O5/c1-21(33)37-29-27(23-10-12-25(35-4)13-11-23)19-24-18-26(36-20-22-8-6-5-7-9-22)14-15-28(24)32(30(29)34)17-16-31(2)3/h5-15,18,27,29H,16-17,19-20H2,1-4H3/t27-,29+/m0/s1. The van der Waals surface area contributed by atoms with Gasteiger partial charge in [0.1, 0.15) is 18.1 Å². The molecule has 7 nitrogen and oxygen atoms in total. The number of fused-ring (bicyclic) bond motifs is 1. The Morgan fingerprint density at radius 1 is 1.00 bits per heavy atom. The molecule has 194 valence electrons. The summed E-state index contributed by atoms with van der Waals surface area (Å²) >= 11 is 0. The Hall–Kier alpha value is -3.84. The predicted octanol–water partition coefficient (Wildman–Crippen LogP) is 4.44. The number of nitrogens with zero attached hydrogens (tertiary/aromatic N) is 2. The number of likely N-dealkylation sites (N-methyl/N-ethyl adjacent to an activating group) is 1. The molecule has 1 aliphatic rings. The highest BCUT2D eigenvalue weighted by molar-refractivity contribution is 6.00. The van der Waals surface area contributed by atoms with Crippen molar-refractivity contribution in [2.24, 2.45) is 0 Å². The second-order valence-corrected chi connectivity index (χ2v) is 9.47. The summed E-state index contributed by atoms with van der Waals surface area (Å²) in [4.78, 5) is 29.8. The van der Waals surface area contributed by atoms with Gasteiger partial charge in [-0.2, -0.15) is 0 Å². The van der Waals surface area contributed by atoms with E-state index in [0.29, 0.717) is 26.1 Å². The van der Waals surface area contributed by atoms with Gasteiger partial charge < -0.3 is 24.0 Å². The van der Waals surface area contributed by atoms with Crippen molar-refractivity contribution in [3.05, 3.63) is 89.5 Å². The molecule has 3 aromatic carbocycles. The van der Waals surface area contributed by atoms with Gasteiger partial charge in [0.05, 0.1) is 7.11 Å². The lowest BCUT2D eigenvalue weighted by Gasteiger charge is -2.29. The topological polar surface area (TPSA) is 68.3 Å². The van der Waals surface area contributed by atoms with Crippen molar-refractivity contribution < 1.29 is 23.8 Å². The highest BCUT2D eigenvalue weighted by atomic mass is 16.5. The maximum Gasteiger partial charge on any atom is 0.303 e. The van der Waals surface area contributed by atoms with Crippen molar-refractivity contribution in [3.8, 4) is 11.5 Å². The molecule has 2 atom stereocenters. The van der Waals surface area contributed by atoms with Gasteiger partial charge in [0.2, 0.25) is 0 Å². The number of carbonyl (C=O) groups excluding carboxylic acids is 2. The molecule has 4 rings (SSSR count). The quantitative estimate of drug-likeness (QED) is 0.403. The van der Waals surface area contributed by atoms with Crippen LogP contribution in [-0.4, -0.2) is 57.2 Å². The molecule has 0 N–H and O–H groups in total. The predicted molar refractivity (Wildman–Crippen MR) is 143 cm³/mol. The Morgan fingerprint density at radius 2 is 1.70 bits per heavy atom. The van der Waals surface area contributed by atoms with Crippen molar-refractivity contribution >= 4 is 17.6 Å². The summed E-state index contributed by atoms with van der Waals surface area (Å²) in [7, 11) is 5.54. The average molecular weight is 503 g/mol. The zero-order valence-corrected chi connectivity index (χ0v) is 21.8. The Balaban J connectivity index is 1.73. The van der Waals surface area contributed by atoms with E-state index in [2.05, 4.69) is 0 Å². The number of rotatable bonds is 9. The fourth-order valence-electron chi connectivity index (χ4n) is 4.59. The molecule has 0 saturated carbocycles. The largest absolute Gasteiger partial charge is 0.497 e. The van der Waals surface area contributed by atoms with Gasteiger partial charge in [0.15, 0.2) is 6.10 Å². The number of amides is 1. The molecule has 7 heteroatoms. The van der Waals surface area contributed by atoms with Gasteiger partial charge in [-0.15, -0.1) is 0 Å². The van der Waals surface area contributed by atoms with Crippen LogP contribution in [-0.2, 0) is 27.4 Å². The smallest absolute Gasteiger partial charge is 0.303 e. The Kier molecular flexibility index (Phi) is 8.46. The van der Waals surface area contributed by atoms with E-state index >= 15 is 0 Å². The third-order valence-corrected chi connectivity index (χ3v) is 6.51. The van der Waals surface area contributed by atoms with Crippen LogP contribution in [0, 0.1) is 0 Å². The van der Waals surface area contributed by atoms with Crippen LogP contribution < -0.4 is 14.4 Å². The van der Waals surface area contributed by atoms with E-state index in [0.717, 1.165) is 33.9 Å². The molecule has 1 heterocycles. The van der Waals surface area contributed by atoms with Gasteiger partial charge in [-0.1, -0.05) is 42.5 Å². The zero-order valence-electron chi connectivity index (χ0n) is 21.8. The molecule has 0 aromatic heterocycles. The molecule has 0 radical (unpaired) electrons. The summed E-state index contributed by atoms with van der Waals surface area (Å²) in [6, 6.07) is 23.4. The summed E-state index contributed by atoms with van der Waals surface area (Å²) in [6.07, 6.45) is -0.444. The molecule has 37 heavy (non-hydrogen) atoms. The van der Waals surface area contributed by atoms with Crippen LogP contribution in [0.1, 0.15) is 29.5 Å². The lowest BCUT2D eigenvalue weighted by molar-refractivity contribution is -0.154. The maximum absolute atomic E-state index is 13.9. The van der Waals surface area contributed by atoms with Gasteiger partial charge in [-0.25, -0.2) is 0 Å². The Bertz CT molecular complexity index is 1210. The van der Waals surface area contributed by atoms with E-state index in [4.69, 9.17) is 14.2 Å². The molecule has 3 aromatic rings. The normalized spacial score (nSPS) is 17.2. The first-order valence-electron chi connectivity index (χ1n) is 12.4. The zero-order chi connectivity index (χ0) is 26.4. The SMILES string of the molecule is COc1ccc([C@@H]2Cc3cc(OCc4ccccc4)ccc3N(CCN(C)C)C(=O)[C@@H]2OC(C)=O)cc1. The van der Waals surface area contributed by atoms with Crippen LogP contribution in [0.2, 0.25) is 0 Å². The third-order valence-electron chi connectivity index (χ3n) is 6.51. The van der Waals surface area contributed by atoms with Crippen LogP contribution in [0.4, 0.5) is 5.69 Å². The molecule has 0 spiro atoms. The summed E-state index contributed by atoms with van der Waals surface area (Å²) in [6.45, 7) is 2.92. The van der Waals surface area contributed by atoms with Crippen LogP contribution >= 0.6 is 0 Å². The molecule has 0 aliphatic carbocycles. The van der Waals surface area contributed by atoms with Crippen molar-refractivity contribution in [1.29, 1.82) is 0 Å². The summed E-state index contributed by atoms with van der Waals surface area (Å²) in [5.41, 5.74) is 3.75. The van der Waals surface area contributed by atoms with Crippen molar-refractivity contribution in [2.45, 2.75) is 32.0 Å². The lowest BCUT2D eigenvalue weighted by Crippen LogP contribution is -2.45. The van der Waals surface area contributed by atoms with E-state index < -0.39 is 12.1 Å². The summed E-state index contributed by atoms with van der Waals surface area (Å²) in [5.74, 6) is 0.367. The first kappa shape index (κ1) is 26.2. The Labute approximate surface area is 218 Å². The second kappa shape index (κ2) is 11.9. The van der Waals surface area contributed by atoms with Gasteiger partial charge in [-0.3, -0.25) is 9.59 Å². The molecule has 1 aliphatic heterocycles. The number of hydrogen-bond acceptors (Lipinski definition) is 6. The number of esters is 1. The van der Waals surface area contributed by atoms with E-state index in [1.807, 2.05) is 91.8 Å². The first-order chi connectivity index (χ1) is 17.9. The number of benzene rings is 3. The number of carbonyl (C=O) groups is 2. The molecular weight excluding hydrogens is 468 g/mol. The second-order valence-electron chi connectivity index (χ2n) is 9.47. The van der Waals surface area contributed by atoms with E-state index in [-0.39, 0.29) is 11.8 Å². The van der Waals surface area contributed by atoms with Crippen LogP contribution in [0.15, 0.2) is 72.8 Å². The summed E-state index contributed by atoms with van der Waals surface area (Å²) < 4.78 is 17.1. The highest BCUT2D eigenvalue weighted by Crippen LogP contribution is 2.38. The molecular formula is C30H34N2O5. The van der Waals surface area contributed by atoms with Gasteiger partial charge in [-0.05, 0) is 67.5 Å². The van der Waals surface area contributed by atoms with Gasteiger partial charge in [0.25, 0.3) is 5.91 Å². The Morgan fingerprint density at radius 3 is 2.35 bits per heavy atom. The molecule has 1 amide bonds. The van der Waals surface area contributed by atoms with Crippen LogP contribution in [0.3, 0.4) is 0 Å². The van der Waals surface area contributed by atoms with Crippen molar-refractivity contribution in [3.63, 3.8) is 0 Å². The minimum absolute atomic E-state index is 0.227. The number of ether oxygens (including phenoxy) is 3. The minimum Gasteiger partial charge on any atom is -0.497 e. The number of anilines is 1. The first-order valence-corrected chi connectivity index (χ1v) is 12.4. The fraction of sp³-hybridized carbons (Fsp3) is 0.333. The third kappa shape index (κ3) is 6.49. The molecule has 0 unspecified atom stereocenters.